The van der Waals surface area contributed by atoms with Gasteiger partial charge in [0.05, 0.1) is 23.5 Å². The van der Waals surface area contributed by atoms with Gasteiger partial charge in [-0.15, -0.1) is 0 Å². The molecule has 1 amide bonds. The van der Waals surface area contributed by atoms with E-state index in [4.69, 9.17) is 4.74 Å². The maximum absolute atomic E-state index is 12.4. The Morgan fingerprint density at radius 3 is 2.72 bits per heavy atom. The van der Waals surface area contributed by atoms with Gasteiger partial charge in [-0.2, -0.15) is 0 Å². The van der Waals surface area contributed by atoms with Gasteiger partial charge in [0.25, 0.3) is 5.69 Å². The van der Waals surface area contributed by atoms with Crippen LogP contribution in [-0.4, -0.2) is 28.0 Å². The normalized spacial score (nSPS) is 11.8. The first kappa shape index (κ1) is 20.1. The smallest absolute Gasteiger partial charge is 0.279 e. The van der Waals surface area contributed by atoms with E-state index in [1.54, 1.807) is 30.3 Å². The zero-order valence-electron chi connectivity index (χ0n) is 16.1. The topological polar surface area (TPSA) is 115 Å². The Hall–Kier alpha value is -3.68. The molecule has 1 aromatic heterocycles. The van der Waals surface area contributed by atoms with Crippen molar-refractivity contribution in [1.29, 1.82) is 0 Å². The average Bonchev–Trinajstić information content (AvgIpc) is 2.73. The summed E-state index contributed by atoms with van der Waals surface area (Å²) in [5, 5.41) is 25.7. The number of fused-ring (bicyclic) bond motifs is 1. The van der Waals surface area contributed by atoms with Crippen molar-refractivity contribution in [3.8, 4) is 11.5 Å². The summed E-state index contributed by atoms with van der Waals surface area (Å²) < 4.78 is 5.41. The molecule has 1 heterocycles. The SMILES string of the molecule is CCCC(=O)N[C@H](c1ccccc1OC)c1cc([N+](=O)[O-])c2cccnc2c1O. The fraction of sp³-hybridized carbons (Fsp3) is 0.238. The standard InChI is InChI=1S/C21H21N3O5/c1-3-7-18(25)23-19(14-8-4-5-10-17(14)29-2)15-12-16(24(27)28)13-9-6-11-22-20(13)21(15)26/h4-6,8-12,19,26H,3,7H2,1-2H3,(H,23,25)/t19-/m1/s1. The number of non-ortho nitro benzene ring substituents is 1. The molecular weight excluding hydrogens is 374 g/mol. The van der Waals surface area contributed by atoms with Gasteiger partial charge in [0.2, 0.25) is 5.91 Å². The van der Waals surface area contributed by atoms with Gasteiger partial charge in [0, 0.05) is 29.8 Å². The molecule has 2 aromatic carbocycles. The van der Waals surface area contributed by atoms with E-state index in [0.717, 1.165) is 0 Å². The van der Waals surface area contributed by atoms with Gasteiger partial charge in [0.1, 0.15) is 17.0 Å². The highest BCUT2D eigenvalue weighted by Crippen LogP contribution is 2.41. The van der Waals surface area contributed by atoms with Crippen LogP contribution in [0.5, 0.6) is 11.5 Å². The molecule has 0 spiro atoms. The molecule has 8 nitrogen and oxygen atoms in total. The van der Waals surface area contributed by atoms with Gasteiger partial charge in [-0.05, 0) is 24.6 Å². The number of rotatable bonds is 7. The maximum atomic E-state index is 12.4. The van der Waals surface area contributed by atoms with Crippen LogP contribution in [0.1, 0.15) is 36.9 Å². The zero-order valence-corrected chi connectivity index (χ0v) is 16.1. The number of phenolic OH excluding ortho intramolecular Hbond substituents is 1. The van der Waals surface area contributed by atoms with Crippen molar-refractivity contribution in [2.75, 3.05) is 7.11 Å². The first-order chi connectivity index (χ1) is 14.0. The Morgan fingerprint density at radius 1 is 1.28 bits per heavy atom. The average molecular weight is 395 g/mol. The molecule has 3 aromatic rings. The molecule has 0 bridgehead atoms. The number of para-hydroxylation sites is 1. The number of nitrogens with zero attached hydrogens (tertiary/aromatic N) is 2. The lowest BCUT2D eigenvalue weighted by Crippen LogP contribution is -2.29. The number of nitro groups is 1. The van der Waals surface area contributed by atoms with E-state index in [-0.39, 0.29) is 40.2 Å². The number of carbonyl (C=O) groups is 1. The quantitative estimate of drug-likeness (QED) is 0.464. The molecule has 150 valence electrons. The van der Waals surface area contributed by atoms with Gasteiger partial charge in [-0.1, -0.05) is 25.1 Å². The second-order valence-electron chi connectivity index (χ2n) is 6.48. The lowest BCUT2D eigenvalue weighted by molar-refractivity contribution is -0.383. The van der Waals surface area contributed by atoms with Crippen molar-refractivity contribution in [1.82, 2.24) is 10.3 Å². The number of benzene rings is 2. The van der Waals surface area contributed by atoms with Crippen molar-refractivity contribution in [3.63, 3.8) is 0 Å². The highest BCUT2D eigenvalue weighted by Gasteiger charge is 2.28. The number of aromatic nitrogens is 1. The van der Waals surface area contributed by atoms with E-state index in [1.807, 2.05) is 6.92 Å². The van der Waals surface area contributed by atoms with Crippen LogP contribution in [0.15, 0.2) is 48.7 Å². The maximum Gasteiger partial charge on any atom is 0.279 e. The third-order valence-electron chi connectivity index (χ3n) is 4.61. The second-order valence-corrected chi connectivity index (χ2v) is 6.48. The number of hydrogen-bond acceptors (Lipinski definition) is 6. The Bertz CT molecular complexity index is 1070. The largest absolute Gasteiger partial charge is 0.505 e. The number of aromatic hydroxyl groups is 1. The molecular formula is C21H21N3O5. The van der Waals surface area contributed by atoms with E-state index in [0.29, 0.717) is 17.7 Å². The molecule has 0 saturated heterocycles. The summed E-state index contributed by atoms with van der Waals surface area (Å²) in [5.74, 6) is 0.0166. The van der Waals surface area contributed by atoms with Crippen LogP contribution in [0.25, 0.3) is 10.9 Å². The van der Waals surface area contributed by atoms with Crippen LogP contribution in [0.4, 0.5) is 5.69 Å². The molecule has 0 saturated carbocycles. The minimum atomic E-state index is -0.852. The van der Waals surface area contributed by atoms with Gasteiger partial charge in [0.15, 0.2) is 0 Å². The molecule has 0 unspecified atom stereocenters. The summed E-state index contributed by atoms with van der Waals surface area (Å²) >= 11 is 0. The van der Waals surface area contributed by atoms with Gasteiger partial charge >= 0.3 is 0 Å². The number of hydrogen-bond donors (Lipinski definition) is 2. The first-order valence-electron chi connectivity index (χ1n) is 9.15. The Morgan fingerprint density at radius 2 is 2.03 bits per heavy atom. The van der Waals surface area contributed by atoms with Crippen LogP contribution < -0.4 is 10.1 Å². The van der Waals surface area contributed by atoms with Crippen molar-refractivity contribution in [3.05, 3.63) is 69.9 Å². The second kappa shape index (κ2) is 8.55. The van der Waals surface area contributed by atoms with Crippen molar-refractivity contribution in [2.24, 2.45) is 0 Å². The summed E-state index contributed by atoms with van der Waals surface area (Å²) in [6, 6.07) is 10.5. The monoisotopic (exact) mass is 395 g/mol. The summed E-state index contributed by atoms with van der Waals surface area (Å²) in [7, 11) is 1.49. The minimum absolute atomic E-state index is 0.0985. The number of nitro benzene ring substituents is 1. The molecule has 1 atom stereocenters. The highest BCUT2D eigenvalue weighted by molar-refractivity contribution is 5.94. The molecule has 0 aliphatic heterocycles. The van der Waals surface area contributed by atoms with Crippen LogP contribution in [0.3, 0.4) is 0 Å². The van der Waals surface area contributed by atoms with Crippen LogP contribution in [0, 0.1) is 10.1 Å². The van der Waals surface area contributed by atoms with Crippen LogP contribution in [-0.2, 0) is 4.79 Å². The minimum Gasteiger partial charge on any atom is -0.505 e. The zero-order chi connectivity index (χ0) is 21.0. The predicted octanol–water partition coefficient (Wildman–Crippen LogP) is 3.86. The van der Waals surface area contributed by atoms with E-state index in [2.05, 4.69) is 10.3 Å². The molecule has 0 radical (unpaired) electrons. The number of nitrogens with one attached hydrogen (secondary N) is 1. The van der Waals surface area contributed by atoms with E-state index >= 15 is 0 Å². The third-order valence-corrected chi connectivity index (χ3v) is 4.61. The van der Waals surface area contributed by atoms with E-state index < -0.39 is 11.0 Å². The van der Waals surface area contributed by atoms with Crippen molar-refractivity contribution < 1.29 is 19.6 Å². The summed E-state index contributed by atoms with van der Waals surface area (Å²) in [6.07, 6.45) is 2.36. The van der Waals surface area contributed by atoms with E-state index in [1.165, 1.54) is 25.4 Å². The summed E-state index contributed by atoms with van der Waals surface area (Å²) in [4.78, 5) is 27.7. The van der Waals surface area contributed by atoms with Crippen LogP contribution >= 0.6 is 0 Å². The van der Waals surface area contributed by atoms with E-state index in [9.17, 15) is 20.0 Å². The summed E-state index contributed by atoms with van der Waals surface area (Å²) in [6.45, 7) is 1.87. The van der Waals surface area contributed by atoms with Gasteiger partial charge in [-0.25, -0.2) is 0 Å². The molecule has 0 aliphatic carbocycles. The number of methoxy groups -OCH3 is 1. The molecule has 0 aliphatic rings. The summed E-state index contributed by atoms with van der Waals surface area (Å²) in [5.41, 5.74) is 0.642. The fourth-order valence-corrected chi connectivity index (χ4v) is 3.29. The molecule has 0 fully saturated rings. The fourth-order valence-electron chi connectivity index (χ4n) is 3.29. The number of phenols is 1. The number of carbonyl (C=O) groups excluding carboxylic acids is 1. The third kappa shape index (κ3) is 3.96. The van der Waals surface area contributed by atoms with Crippen molar-refractivity contribution in [2.45, 2.75) is 25.8 Å². The first-order valence-corrected chi connectivity index (χ1v) is 9.15. The molecule has 8 heteroatoms. The Kier molecular flexibility index (Phi) is 5.92. The molecule has 2 N–H and O–H groups in total. The molecule has 29 heavy (non-hydrogen) atoms. The van der Waals surface area contributed by atoms with Crippen molar-refractivity contribution >= 4 is 22.5 Å². The lowest BCUT2D eigenvalue weighted by Gasteiger charge is -2.23. The number of ether oxygens (including phenoxy) is 1. The molecule has 3 rings (SSSR count). The Balaban J connectivity index is 2.27. The Labute approximate surface area is 167 Å². The van der Waals surface area contributed by atoms with Gasteiger partial charge < -0.3 is 15.2 Å². The van der Waals surface area contributed by atoms with Gasteiger partial charge in [-0.3, -0.25) is 19.9 Å². The van der Waals surface area contributed by atoms with Crippen LogP contribution in [0.2, 0.25) is 0 Å². The number of amides is 1. The number of pyridine rings is 1. The highest BCUT2D eigenvalue weighted by atomic mass is 16.6. The predicted molar refractivity (Wildman–Crippen MR) is 108 cm³/mol. The lowest BCUT2D eigenvalue weighted by atomic mass is 9.94.